The maximum Gasteiger partial charge on any atom is 0.271 e. The number of hydrogen-bond acceptors (Lipinski definition) is 5. The van der Waals surface area contributed by atoms with Crippen LogP contribution in [0.2, 0.25) is 0 Å². The third-order valence-electron chi connectivity index (χ3n) is 3.36. The Hall–Kier alpha value is -0.850. The Morgan fingerprint density at radius 3 is 3.21 bits per heavy atom. The van der Waals surface area contributed by atoms with Gasteiger partial charge in [0, 0.05) is 18.9 Å². The van der Waals surface area contributed by atoms with E-state index in [0.717, 1.165) is 34.8 Å². The van der Waals surface area contributed by atoms with Gasteiger partial charge in [-0.3, -0.25) is 9.36 Å². The van der Waals surface area contributed by atoms with Crippen molar-refractivity contribution in [2.24, 2.45) is 7.05 Å². The van der Waals surface area contributed by atoms with Crippen molar-refractivity contribution >= 4 is 33.3 Å². The van der Waals surface area contributed by atoms with E-state index in [4.69, 9.17) is 4.74 Å². The van der Waals surface area contributed by atoms with Crippen molar-refractivity contribution in [1.29, 1.82) is 0 Å². The van der Waals surface area contributed by atoms with Crippen molar-refractivity contribution in [3.63, 3.8) is 0 Å². The molecule has 1 aliphatic rings. The van der Waals surface area contributed by atoms with Gasteiger partial charge in [-0.2, -0.15) is 0 Å². The van der Waals surface area contributed by atoms with E-state index in [1.54, 1.807) is 23.4 Å². The lowest BCUT2D eigenvalue weighted by atomic mass is 10.1. The molecule has 0 spiro atoms. The highest BCUT2D eigenvalue weighted by atomic mass is 32.2. The van der Waals surface area contributed by atoms with Gasteiger partial charge in [-0.1, -0.05) is 11.8 Å². The van der Waals surface area contributed by atoms with Crippen molar-refractivity contribution in [3.05, 3.63) is 21.8 Å². The molecule has 0 bridgehead atoms. The number of fused-ring (bicyclic) bond motifs is 1. The molecule has 0 unspecified atom stereocenters. The van der Waals surface area contributed by atoms with Crippen LogP contribution in [-0.2, 0) is 11.8 Å². The molecule has 2 atom stereocenters. The molecule has 4 nitrogen and oxygen atoms in total. The summed E-state index contributed by atoms with van der Waals surface area (Å²) in [5.41, 5.74) is 0.873. The predicted molar refractivity (Wildman–Crippen MR) is 79.2 cm³/mol. The quantitative estimate of drug-likeness (QED) is 0.799. The average molecular weight is 296 g/mol. The van der Waals surface area contributed by atoms with Crippen LogP contribution < -0.4 is 5.56 Å². The van der Waals surface area contributed by atoms with Crippen molar-refractivity contribution < 1.29 is 4.74 Å². The van der Waals surface area contributed by atoms with Gasteiger partial charge < -0.3 is 4.74 Å². The first-order valence-corrected chi connectivity index (χ1v) is 8.13. The van der Waals surface area contributed by atoms with Gasteiger partial charge in [0.15, 0.2) is 5.16 Å². The van der Waals surface area contributed by atoms with E-state index in [1.165, 1.54) is 11.3 Å². The Morgan fingerprint density at radius 2 is 2.42 bits per heavy atom. The van der Waals surface area contributed by atoms with Gasteiger partial charge in [0.05, 0.1) is 11.6 Å². The molecular formula is C13H16N2O2S2. The fraction of sp³-hybridized carbons (Fsp3) is 0.538. The van der Waals surface area contributed by atoms with Crippen molar-refractivity contribution in [2.45, 2.75) is 36.3 Å². The predicted octanol–water partition coefficient (Wildman–Crippen LogP) is 2.65. The molecule has 19 heavy (non-hydrogen) atoms. The van der Waals surface area contributed by atoms with Crippen LogP contribution in [0.15, 0.2) is 21.4 Å². The number of thioether (sulfide) groups is 1. The minimum atomic E-state index is 0.0580. The monoisotopic (exact) mass is 296 g/mol. The lowest BCUT2D eigenvalue weighted by Gasteiger charge is -2.26. The molecule has 6 heteroatoms. The van der Waals surface area contributed by atoms with E-state index in [9.17, 15) is 4.79 Å². The molecule has 3 rings (SSSR count). The van der Waals surface area contributed by atoms with Gasteiger partial charge in [0.25, 0.3) is 5.56 Å². The highest BCUT2D eigenvalue weighted by Crippen LogP contribution is 2.30. The van der Waals surface area contributed by atoms with Gasteiger partial charge >= 0.3 is 0 Å². The molecule has 0 saturated carbocycles. The van der Waals surface area contributed by atoms with Crippen LogP contribution in [0.1, 0.15) is 19.8 Å². The second-order valence-corrected chi connectivity index (χ2v) is 7.02. The SMILES string of the molecule is C[C@@H]1C[C@@H](Sc2nc3ccsc3c(=O)n2C)CCO1. The van der Waals surface area contributed by atoms with Crippen molar-refractivity contribution in [2.75, 3.05) is 6.61 Å². The summed E-state index contributed by atoms with van der Waals surface area (Å²) >= 11 is 3.16. The van der Waals surface area contributed by atoms with Crippen LogP contribution in [0.3, 0.4) is 0 Å². The van der Waals surface area contributed by atoms with E-state index >= 15 is 0 Å². The molecule has 2 aromatic heterocycles. The molecule has 2 aromatic rings. The van der Waals surface area contributed by atoms with Gasteiger partial charge in [0.1, 0.15) is 4.70 Å². The number of hydrogen-bond donors (Lipinski definition) is 0. The van der Waals surface area contributed by atoms with Crippen LogP contribution in [0.25, 0.3) is 10.2 Å². The lowest BCUT2D eigenvalue weighted by molar-refractivity contribution is 0.0314. The number of ether oxygens (including phenoxy) is 1. The summed E-state index contributed by atoms with van der Waals surface area (Å²) in [6, 6.07) is 1.91. The zero-order valence-electron chi connectivity index (χ0n) is 11.0. The summed E-state index contributed by atoms with van der Waals surface area (Å²) in [5.74, 6) is 0. The van der Waals surface area contributed by atoms with E-state index in [1.807, 2.05) is 11.4 Å². The number of aromatic nitrogens is 2. The van der Waals surface area contributed by atoms with Crippen LogP contribution in [0, 0.1) is 0 Å². The third kappa shape index (κ3) is 2.57. The molecule has 1 aliphatic heterocycles. The summed E-state index contributed by atoms with van der Waals surface area (Å²) in [6.07, 6.45) is 2.34. The van der Waals surface area contributed by atoms with Crippen molar-refractivity contribution in [3.8, 4) is 0 Å². The summed E-state index contributed by atoms with van der Waals surface area (Å²) in [7, 11) is 1.81. The second kappa shape index (κ2) is 5.26. The Kier molecular flexibility index (Phi) is 3.64. The standard InChI is InChI=1S/C13H16N2O2S2/c1-8-7-9(3-5-17-8)19-13-14-10-4-6-18-11(10)12(16)15(13)2/h4,6,8-9H,3,5,7H2,1-2H3/t8-,9+/m1/s1. The lowest BCUT2D eigenvalue weighted by Crippen LogP contribution is -2.26. The Labute approximate surface area is 119 Å². The summed E-state index contributed by atoms with van der Waals surface area (Å²) in [6.45, 7) is 2.90. The van der Waals surface area contributed by atoms with Gasteiger partial charge in [-0.25, -0.2) is 4.98 Å². The Bertz CT molecular complexity index is 650. The molecule has 1 fully saturated rings. The number of rotatable bonds is 2. The van der Waals surface area contributed by atoms with E-state index in [0.29, 0.717) is 11.4 Å². The zero-order valence-corrected chi connectivity index (χ0v) is 12.6. The molecule has 3 heterocycles. The van der Waals surface area contributed by atoms with E-state index in [-0.39, 0.29) is 5.56 Å². The number of nitrogens with zero attached hydrogens (tertiary/aromatic N) is 2. The van der Waals surface area contributed by atoms with Crippen molar-refractivity contribution in [1.82, 2.24) is 9.55 Å². The maximum absolute atomic E-state index is 12.2. The maximum atomic E-state index is 12.2. The molecule has 0 radical (unpaired) electrons. The molecule has 0 N–H and O–H groups in total. The number of thiophene rings is 1. The highest BCUT2D eigenvalue weighted by molar-refractivity contribution is 7.99. The molecular weight excluding hydrogens is 280 g/mol. The molecule has 102 valence electrons. The Morgan fingerprint density at radius 1 is 1.58 bits per heavy atom. The topological polar surface area (TPSA) is 44.1 Å². The van der Waals surface area contributed by atoms with Gasteiger partial charge in [0.2, 0.25) is 0 Å². The summed E-state index contributed by atoms with van der Waals surface area (Å²) < 4.78 is 7.97. The first-order chi connectivity index (χ1) is 9.15. The van der Waals surface area contributed by atoms with Gasteiger partial charge in [-0.05, 0) is 31.2 Å². The summed E-state index contributed by atoms with van der Waals surface area (Å²) in [5, 5.41) is 3.22. The normalized spacial score (nSPS) is 23.9. The molecule has 0 aromatic carbocycles. The van der Waals surface area contributed by atoms with Crippen LogP contribution in [0.4, 0.5) is 0 Å². The average Bonchev–Trinajstić information content (AvgIpc) is 2.84. The zero-order chi connectivity index (χ0) is 13.4. The Balaban J connectivity index is 1.92. The minimum absolute atomic E-state index is 0.0580. The smallest absolute Gasteiger partial charge is 0.271 e. The minimum Gasteiger partial charge on any atom is -0.378 e. The molecule has 1 saturated heterocycles. The van der Waals surface area contributed by atoms with Crippen LogP contribution >= 0.6 is 23.1 Å². The first-order valence-electron chi connectivity index (χ1n) is 6.37. The fourth-order valence-corrected chi connectivity index (χ4v) is 4.36. The van der Waals surface area contributed by atoms with Crippen LogP contribution in [-0.4, -0.2) is 27.5 Å². The van der Waals surface area contributed by atoms with Gasteiger partial charge in [-0.15, -0.1) is 11.3 Å². The molecule has 0 aliphatic carbocycles. The second-order valence-electron chi connectivity index (χ2n) is 4.84. The van der Waals surface area contributed by atoms with E-state index in [2.05, 4.69) is 11.9 Å². The summed E-state index contributed by atoms with van der Waals surface area (Å²) in [4.78, 5) is 16.8. The first kappa shape index (κ1) is 13.1. The third-order valence-corrected chi connectivity index (χ3v) is 5.58. The highest BCUT2D eigenvalue weighted by Gasteiger charge is 2.22. The fourth-order valence-electron chi connectivity index (χ4n) is 2.29. The molecule has 0 amide bonds. The largest absolute Gasteiger partial charge is 0.378 e. The van der Waals surface area contributed by atoms with E-state index < -0.39 is 0 Å². The van der Waals surface area contributed by atoms with Crippen LogP contribution in [0.5, 0.6) is 0 Å².